The van der Waals surface area contributed by atoms with Gasteiger partial charge in [-0.2, -0.15) is 0 Å². The normalized spacial score (nSPS) is 16.5. The molecule has 0 radical (unpaired) electrons. The Balaban J connectivity index is 1.20. The average Bonchev–Trinajstić information content (AvgIpc) is 3.01. The Labute approximate surface area is 199 Å². The quantitative estimate of drug-likeness (QED) is 0.551. The molecule has 1 saturated heterocycles. The number of nitrogens with zero attached hydrogens (tertiary/aromatic N) is 3. The number of amides is 3. The van der Waals surface area contributed by atoms with Crippen molar-refractivity contribution in [3.8, 4) is 0 Å². The molecule has 0 unspecified atom stereocenters. The van der Waals surface area contributed by atoms with E-state index in [-0.39, 0.29) is 24.3 Å². The number of fused-ring (bicyclic) bond motifs is 1. The van der Waals surface area contributed by atoms with E-state index in [2.05, 4.69) is 29.2 Å². The summed E-state index contributed by atoms with van der Waals surface area (Å²) in [6.45, 7) is 4.34. The van der Waals surface area contributed by atoms with E-state index in [0.29, 0.717) is 23.2 Å². The molecular formula is C28H27N3O3. The van der Waals surface area contributed by atoms with Crippen LogP contribution in [0.2, 0.25) is 0 Å². The smallest absolute Gasteiger partial charge is 0.261 e. The summed E-state index contributed by atoms with van der Waals surface area (Å²) in [5.41, 5.74) is 3.62. The van der Waals surface area contributed by atoms with E-state index in [1.807, 2.05) is 23.1 Å². The topological polar surface area (TPSA) is 60.9 Å². The van der Waals surface area contributed by atoms with Gasteiger partial charge in [0.15, 0.2) is 0 Å². The van der Waals surface area contributed by atoms with E-state index in [1.54, 1.807) is 36.4 Å². The highest BCUT2D eigenvalue weighted by Gasteiger charge is 2.35. The monoisotopic (exact) mass is 453 g/mol. The summed E-state index contributed by atoms with van der Waals surface area (Å²) in [6.07, 6.45) is 0.941. The fourth-order valence-corrected chi connectivity index (χ4v) is 4.67. The second-order valence-corrected chi connectivity index (χ2v) is 8.85. The Morgan fingerprint density at radius 3 is 1.94 bits per heavy atom. The third-order valence-corrected chi connectivity index (χ3v) is 6.54. The summed E-state index contributed by atoms with van der Waals surface area (Å²) in [5.74, 6) is -0.524. The molecule has 1 fully saturated rings. The predicted molar refractivity (Wildman–Crippen MR) is 129 cm³/mol. The van der Waals surface area contributed by atoms with Gasteiger partial charge in [-0.3, -0.25) is 24.2 Å². The van der Waals surface area contributed by atoms with Crippen molar-refractivity contribution in [3.05, 3.63) is 107 Å². The maximum absolute atomic E-state index is 13.1. The van der Waals surface area contributed by atoms with Gasteiger partial charge < -0.3 is 4.90 Å². The van der Waals surface area contributed by atoms with Gasteiger partial charge in [-0.25, -0.2) is 0 Å². The molecule has 3 amide bonds. The molecule has 0 atom stereocenters. The van der Waals surface area contributed by atoms with Crippen LogP contribution in [0.1, 0.15) is 48.6 Å². The van der Waals surface area contributed by atoms with Gasteiger partial charge in [0.25, 0.3) is 17.7 Å². The molecule has 0 bridgehead atoms. The Kier molecular flexibility index (Phi) is 6.23. The fourth-order valence-electron chi connectivity index (χ4n) is 4.67. The fraction of sp³-hybridized carbons (Fsp3) is 0.250. The number of hydrogen-bond donors (Lipinski definition) is 0. The van der Waals surface area contributed by atoms with Crippen LogP contribution in [0.25, 0.3) is 0 Å². The maximum atomic E-state index is 13.1. The predicted octanol–water partition coefficient (Wildman–Crippen LogP) is 3.83. The Bertz CT molecular complexity index is 1170. The molecule has 5 rings (SSSR count). The summed E-state index contributed by atoms with van der Waals surface area (Å²) in [5, 5.41) is 0. The van der Waals surface area contributed by atoms with Crippen molar-refractivity contribution < 1.29 is 14.4 Å². The zero-order valence-corrected chi connectivity index (χ0v) is 19.0. The molecule has 0 saturated carbocycles. The van der Waals surface area contributed by atoms with Gasteiger partial charge in [-0.05, 0) is 41.8 Å². The van der Waals surface area contributed by atoms with Crippen LogP contribution < -0.4 is 0 Å². The van der Waals surface area contributed by atoms with Crippen LogP contribution in [0, 0.1) is 0 Å². The molecule has 6 heteroatoms. The van der Waals surface area contributed by atoms with E-state index in [1.165, 1.54) is 10.5 Å². The summed E-state index contributed by atoms with van der Waals surface area (Å²) in [7, 11) is 0. The minimum absolute atomic E-state index is 0.0221. The Hall–Kier alpha value is -3.77. The molecule has 0 spiro atoms. The van der Waals surface area contributed by atoms with Crippen molar-refractivity contribution in [2.24, 2.45) is 0 Å². The standard InChI is InChI=1S/C28H27N3O3/c32-26(30-16-6-15-29(17-18-30)19-21-7-2-1-3-8-21)23-13-11-22(12-14-23)20-31-27(33)24-9-4-5-10-25(24)28(31)34/h1-5,7-14H,6,15-20H2. The first-order chi connectivity index (χ1) is 16.6. The van der Waals surface area contributed by atoms with E-state index >= 15 is 0 Å². The summed E-state index contributed by atoms with van der Waals surface area (Å²) >= 11 is 0. The lowest BCUT2D eigenvalue weighted by Gasteiger charge is -2.22. The van der Waals surface area contributed by atoms with Gasteiger partial charge in [-0.1, -0.05) is 54.6 Å². The molecule has 34 heavy (non-hydrogen) atoms. The minimum atomic E-state index is -0.273. The molecule has 2 aliphatic heterocycles. The van der Waals surface area contributed by atoms with Crippen LogP contribution in [0.3, 0.4) is 0 Å². The SMILES string of the molecule is O=C(c1ccc(CN2C(=O)c3ccccc3C2=O)cc1)N1CCCN(Cc2ccccc2)CC1. The maximum Gasteiger partial charge on any atom is 0.261 e. The number of benzene rings is 3. The highest BCUT2D eigenvalue weighted by Crippen LogP contribution is 2.24. The lowest BCUT2D eigenvalue weighted by Crippen LogP contribution is -2.35. The van der Waals surface area contributed by atoms with E-state index < -0.39 is 0 Å². The zero-order chi connectivity index (χ0) is 23.5. The van der Waals surface area contributed by atoms with Gasteiger partial charge >= 0.3 is 0 Å². The zero-order valence-electron chi connectivity index (χ0n) is 19.0. The van der Waals surface area contributed by atoms with Crippen LogP contribution in [0.4, 0.5) is 0 Å². The third-order valence-electron chi connectivity index (χ3n) is 6.54. The lowest BCUT2D eigenvalue weighted by atomic mass is 10.1. The summed E-state index contributed by atoms with van der Waals surface area (Å²) < 4.78 is 0. The van der Waals surface area contributed by atoms with Crippen molar-refractivity contribution in [3.63, 3.8) is 0 Å². The molecule has 0 N–H and O–H groups in total. The van der Waals surface area contributed by atoms with Crippen LogP contribution in [0.5, 0.6) is 0 Å². The van der Waals surface area contributed by atoms with E-state index in [0.717, 1.165) is 38.2 Å². The van der Waals surface area contributed by atoms with Crippen molar-refractivity contribution in [1.29, 1.82) is 0 Å². The molecular weight excluding hydrogens is 426 g/mol. The van der Waals surface area contributed by atoms with Crippen LogP contribution in [0.15, 0.2) is 78.9 Å². The van der Waals surface area contributed by atoms with Crippen molar-refractivity contribution in [1.82, 2.24) is 14.7 Å². The van der Waals surface area contributed by atoms with Gasteiger partial charge in [0.05, 0.1) is 17.7 Å². The molecule has 0 aliphatic carbocycles. The van der Waals surface area contributed by atoms with Gasteiger partial charge in [0.2, 0.25) is 0 Å². The number of hydrogen-bond acceptors (Lipinski definition) is 4. The first-order valence-corrected chi connectivity index (χ1v) is 11.7. The van der Waals surface area contributed by atoms with Gasteiger partial charge in [0.1, 0.15) is 0 Å². The van der Waals surface area contributed by atoms with Crippen molar-refractivity contribution in [2.45, 2.75) is 19.5 Å². The Morgan fingerprint density at radius 1 is 0.647 bits per heavy atom. The lowest BCUT2D eigenvalue weighted by molar-refractivity contribution is 0.0641. The van der Waals surface area contributed by atoms with E-state index in [4.69, 9.17) is 0 Å². The molecule has 2 aliphatic rings. The van der Waals surface area contributed by atoms with Gasteiger partial charge in [0, 0.05) is 38.3 Å². The van der Waals surface area contributed by atoms with Gasteiger partial charge in [-0.15, -0.1) is 0 Å². The molecule has 0 aromatic heterocycles. The first-order valence-electron chi connectivity index (χ1n) is 11.7. The molecule has 6 nitrogen and oxygen atoms in total. The van der Waals surface area contributed by atoms with Crippen LogP contribution in [-0.2, 0) is 13.1 Å². The molecule has 172 valence electrons. The Morgan fingerprint density at radius 2 is 1.26 bits per heavy atom. The highest BCUT2D eigenvalue weighted by molar-refractivity contribution is 6.21. The second kappa shape index (κ2) is 9.61. The number of carbonyl (C=O) groups is 3. The number of carbonyl (C=O) groups excluding carboxylic acids is 3. The second-order valence-electron chi connectivity index (χ2n) is 8.85. The summed E-state index contributed by atoms with van der Waals surface area (Å²) in [4.78, 5) is 43.9. The van der Waals surface area contributed by atoms with Crippen molar-refractivity contribution in [2.75, 3.05) is 26.2 Å². The molecule has 3 aromatic rings. The summed E-state index contributed by atoms with van der Waals surface area (Å²) in [6, 6.07) is 24.5. The first kappa shape index (κ1) is 22.0. The van der Waals surface area contributed by atoms with Crippen LogP contribution >= 0.6 is 0 Å². The highest BCUT2D eigenvalue weighted by atomic mass is 16.2. The average molecular weight is 454 g/mol. The molecule has 2 heterocycles. The van der Waals surface area contributed by atoms with Crippen LogP contribution in [-0.4, -0.2) is 58.6 Å². The minimum Gasteiger partial charge on any atom is -0.337 e. The number of imide groups is 1. The molecule has 3 aromatic carbocycles. The largest absolute Gasteiger partial charge is 0.337 e. The third kappa shape index (κ3) is 4.50. The van der Waals surface area contributed by atoms with E-state index in [9.17, 15) is 14.4 Å². The number of rotatable bonds is 5. The van der Waals surface area contributed by atoms with Crippen molar-refractivity contribution >= 4 is 17.7 Å².